The number of hydrogen-bond donors (Lipinski definition) is 4. The summed E-state index contributed by atoms with van der Waals surface area (Å²) < 4.78 is 0. The van der Waals surface area contributed by atoms with Gasteiger partial charge in [-0.05, 0) is 36.5 Å². The largest absolute Gasteiger partial charge is 0.386 e. The number of nitrogens with zero attached hydrogens (tertiary/aromatic N) is 2. The van der Waals surface area contributed by atoms with Crippen LogP contribution in [0, 0.1) is 5.41 Å². The lowest BCUT2D eigenvalue weighted by molar-refractivity contribution is 1.26. The number of rotatable bonds is 4. The fourth-order valence-corrected chi connectivity index (χ4v) is 0.991. The molecule has 0 aliphatic carbocycles. The summed E-state index contributed by atoms with van der Waals surface area (Å²) in [4.78, 5) is 0. The molecular weight excluding hydrogens is 224 g/mol. The predicted octanol–water partition coefficient (Wildman–Crippen LogP) is 1.36. The second-order valence-electron chi connectivity index (χ2n) is 2.96. The van der Waals surface area contributed by atoms with Crippen molar-refractivity contribution in [3.05, 3.63) is 24.3 Å². The average Bonchev–Trinajstić information content (AvgIpc) is 2.25. The van der Waals surface area contributed by atoms with E-state index in [-0.39, 0.29) is 10.9 Å². The quantitative estimate of drug-likeness (QED) is 0.273. The van der Waals surface area contributed by atoms with Gasteiger partial charge in [-0.25, -0.2) is 0 Å². The Morgan fingerprint density at radius 1 is 1.31 bits per heavy atom. The van der Waals surface area contributed by atoms with Gasteiger partial charge in [0.2, 0.25) is 5.11 Å². The summed E-state index contributed by atoms with van der Waals surface area (Å²) in [5, 5.41) is 17.4. The van der Waals surface area contributed by atoms with E-state index in [2.05, 4.69) is 27.8 Å². The molecule has 0 saturated carbocycles. The molecule has 1 aromatic carbocycles. The molecule has 1 aromatic rings. The van der Waals surface area contributed by atoms with Crippen LogP contribution >= 0.6 is 12.2 Å². The molecule has 0 saturated heterocycles. The van der Waals surface area contributed by atoms with Gasteiger partial charge in [-0.15, -0.1) is 10.2 Å². The molecule has 0 bridgehead atoms. The highest BCUT2D eigenvalue weighted by Gasteiger charge is 1.94. The van der Waals surface area contributed by atoms with Gasteiger partial charge in [0.05, 0.1) is 12.2 Å². The van der Waals surface area contributed by atoms with Gasteiger partial charge < -0.3 is 16.8 Å². The lowest BCUT2D eigenvalue weighted by Crippen LogP contribution is -2.20. The average molecular weight is 236 g/mol. The monoisotopic (exact) mass is 236 g/mol. The van der Waals surface area contributed by atoms with Crippen LogP contribution in [0.4, 0.5) is 11.4 Å². The molecule has 0 spiro atoms. The molecule has 0 fully saturated rings. The molecule has 0 atom stereocenters. The van der Waals surface area contributed by atoms with Crippen molar-refractivity contribution in [2.45, 2.75) is 0 Å². The molecule has 1 rings (SSSR count). The molecule has 84 valence electrons. The first kappa shape index (κ1) is 12.1. The first-order valence-corrected chi connectivity index (χ1v) is 4.87. The van der Waals surface area contributed by atoms with Crippen molar-refractivity contribution in [2.24, 2.45) is 21.7 Å². The van der Waals surface area contributed by atoms with E-state index < -0.39 is 0 Å². The first-order chi connectivity index (χ1) is 7.58. The highest BCUT2D eigenvalue weighted by Crippen LogP contribution is 2.16. The zero-order valence-corrected chi connectivity index (χ0v) is 9.29. The number of nitrogens with two attached hydrogens (primary N) is 2. The molecule has 7 heteroatoms. The summed E-state index contributed by atoms with van der Waals surface area (Å²) >= 11 is 4.56. The normalized spacial score (nSPS) is 10.2. The van der Waals surface area contributed by atoms with Gasteiger partial charge in [0, 0.05) is 5.69 Å². The maximum absolute atomic E-state index is 7.05. The van der Waals surface area contributed by atoms with Crippen LogP contribution in [0.15, 0.2) is 34.5 Å². The Labute approximate surface area is 98.2 Å². The minimum atomic E-state index is -0.00113. The van der Waals surface area contributed by atoms with Crippen LogP contribution in [0.2, 0.25) is 0 Å². The lowest BCUT2D eigenvalue weighted by atomic mass is 10.3. The minimum Gasteiger partial charge on any atom is -0.386 e. The summed E-state index contributed by atoms with van der Waals surface area (Å²) in [5.74, 6) is 0.0808. The van der Waals surface area contributed by atoms with Crippen LogP contribution in [0.1, 0.15) is 0 Å². The first-order valence-electron chi connectivity index (χ1n) is 4.46. The number of amidine groups is 1. The summed E-state index contributed by atoms with van der Waals surface area (Å²) in [5.41, 5.74) is 11.9. The Morgan fingerprint density at radius 3 is 2.44 bits per heavy atom. The highest BCUT2D eigenvalue weighted by molar-refractivity contribution is 7.80. The fraction of sp³-hybridized carbons (Fsp3) is 0.111. The summed E-state index contributed by atoms with van der Waals surface area (Å²) in [6.07, 6.45) is 0. The second-order valence-corrected chi connectivity index (χ2v) is 3.38. The van der Waals surface area contributed by atoms with E-state index in [1.165, 1.54) is 0 Å². The number of azo groups is 1. The molecule has 6 nitrogen and oxygen atoms in total. The third kappa shape index (κ3) is 4.47. The van der Waals surface area contributed by atoms with E-state index in [9.17, 15) is 0 Å². The number of anilines is 1. The molecule has 0 aliphatic rings. The standard InChI is InChI=1S/C9H12N6S/c10-8(11)5-13-6-1-3-7(4-2-6)14-15-9(12)16/h1-4,13H,5H2,(H3,10,11)(H2,12,16). The zero-order chi connectivity index (χ0) is 12.0. The van der Waals surface area contributed by atoms with E-state index in [1.807, 2.05) is 0 Å². The van der Waals surface area contributed by atoms with Crippen molar-refractivity contribution in [3.8, 4) is 0 Å². The van der Waals surface area contributed by atoms with E-state index in [0.717, 1.165) is 5.69 Å². The van der Waals surface area contributed by atoms with Crippen LogP contribution < -0.4 is 16.8 Å². The second kappa shape index (κ2) is 5.76. The number of hydrogen-bond acceptors (Lipinski definition) is 4. The molecule has 0 aromatic heterocycles. The van der Waals surface area contributed by atoms with Crippen molar-refractivity contribution < 1.29 is 0 Å². The number of thiocarbonyl (C=S) groups is 1. The SMILES string of the molecule is N=C(N)CNc1ccc(N=NC(N)=S)cc1. The van der Waals surface area contributed by atoms with Gasteiger partial charge in [0.15, 0.2) is 0 Å². The third-order valence-electron chi connectivity index (χ3n) is 1.61. The van der Waals surface area contributed by atoms with Crippen LogP contribution in [0.3, 0.4) is 0 Å². The topological polar surface area (TPSA) is 113 Å². The maximum Gasteiger partial charge on any atom is 0.211 e. The fourth-order valence-electron chi connectivity index (χ4n) is 0.950. The molecule has 0 aliphatic heterocycles. The van der Waals surface area contributed by atoms with E-state index in [0.29, 0.717) is 12.2 Å². The van der Waals surface area contributed by atoms with Gasteiger partial charge in [0.25, 0.3) is 0 Å². The lowest BCUT2D eigenvalue weighted by Gasteiger charge is -2.04. The van der Waals surface area contributed by atoms with Gasteiger partial charge in [-0.2, -0.15) is 0 Å². The van der Waals surface area contributed by atoms with Crippen LogP contribution in [0.5, 0.6) is 0 Å². The van der Waals surface area contributed by atoms with Gasteiger partial charge >= 0.3 is 0 Å². The van der Waals surface area contributed by atoms with Crippen LogP contribution in [0.25, 0.3) is 0 Å². The summed E-state index contributed by atoms with van der Waals surface area (Å²) in [6, 6.07) is 7.11. The molecule has 16 heavy (non-hydrogen) atoms. The molecule has 0 heterocycles. The van der Waals surface area contributed by atoms with Crippen LogP contribution in [-0.2, 0) is 0 Å². The van der Waals surface area contributed by atoms with E-state index >= 15 is 0 Å². The van der Waals surface area contributed by atoms with Crippen molar-refractivity contribution in [2.75, 3.05) is 11.9 Å². The van der Waals surface area contributed by atoms with Gasteiger partial charge in [-0.3, -0.25) is 5.41 Å². The van der Waals surface area contributed by atoms with Crippen molar-refractivity contribution in [1.82, 2.24) is 0 Å². The van der Waals surface area contributed by atoms with Gasteiger partial charge in [0.1, 0.15) is 5.84 Å². The minimum absolute atomic E-state index is 0.00113. The van der Waals surface area contributed by atoms with Crippen molar-refractivity contribution in [3.63, 3.8) is 0 Å². The zero-order valence-electron chi connectivity index (χ0n) is 8.47. The molecule has 0 radical (unpaired) electrons. The number of benzene rings is 1. The maximum atomic E-state index is 7.05. The molecule has 6 N–H and O–H groups in total. The Kier molecular flexibility index (Phi) is 4.34. The predicted molar refractivity (Wildman–Crippen MR) is 68.1 cm³/mol. The van der Waals surface area contributed by atoms with Gasteiger partial charge in [-0.1, -0.05) is 0 Å². The van der Waals surface area contributed by atoms with Crippen LogP contribution in [-0.4, -0.2) is 17.5 Å². The Balaban J connectivity index is 2.60. The van der Waals surface area contributed by atoms with E-state index in [1.54, 1.807) is 24.3 Å². The smallest absolute Gasteiger partial charge is 0.211 e. The van der Waals surface area contributed by atoms with Crippen molar-refractivity contribution in [1.29, 1.82) is 5.41 Å². The Bertz CT molecular complexity index is 411. The van der Waals surface area contributed by atoms with Crippen molar-refractivity contribution >= 4 is 34.5 Å². The molecule has 0 amide bonds. The highest BCUT2D eigenvalue weighted by atomic mass is 32.1. The molecular formula is C9H12N6S. The Morgan fingerprint density at radius 2 is 1.94 bits per heavy atom. The van der Waals surface area contributed by atoms with E-state index in [4.69, 9.17) is 16.9 Å². The Hall–Kier alpha value is -2.02. The summed E-state index contributed by atoms with van der Waals surface area (Å²) in [6.45, 7) is 0.313. The number of nitrogens with one attached hydrogen (secondary N) is 2. The molecule has 0 unspecified atom stereocenters. The third-order valence-corrected chi connectivity index (χ3v) is 1.70. The summed E-state index contributed by atoms with van der Waals surface area (Å²) in [7, 11) is 0.